The second kappa shape index (κ2) is 11.0. The number of aromatic nitrogens is 3. The molecule has 1 aliphatic rings. The minimum absolute atomic E-state index is 0.210. The Balaban J connectivity index is 1.46. The second-order valence-electron chi connectivity index (χ2n) is 9.18. The molecule has 0 spiro atoms. The van der Waals surface area contributed by atoms with Crippen LogP contribution < -0.4 is 15.4 Å². The van der Waals surface area contributed by atoms with E-state index in [-0.39, 0.29) is 5.91 Å². The Morgan fingerprint density at radius 2 is 1.82 bits per heavy atom. The molecule has 194 valence electrons. The van der Waals surface area contributed by atoms with Gasteiger partial charge in [-0.3, -0.25) is 4.79 Å². The summed E-state index contributed by atoms with van der Waals surface area (Å²) in [6.45, 7) is 6.12. The number of aryl methyl sites for hydroxylation is 2. The van der Waals surface area contributed by atoms with Crippen molar-refractivity contribution < 1.29 is 9.53 Å². The molecule has 1 aromatic heterocycles. The van der Waals surface area contributed by atoms with Crippen LogP contribution in [0.2, 0.25) is 0 Å². The van der Waals surface area contributed by atoms with Crippen molar-refractivity contribution in [2.45, 2.75) is 37.7 Å². The molecule has 0 saturated heterocycles. The zero-order chi connectivity index (χ0) is 26.8. The van der Waals surface area contributed by atoms with Gasteiger partial charge in [-0.25, -0.2) is 4.68 Å². The smallest absolute Gasteiger partial charge is 0.255 e. The van der Waals surface area contributed by atoms with E-state index in [4.69, 9.17) is 14.8 Å². The van der Waals surface area contributed by atoms with Crippen molar-refractivity contribution in [1.29, 1.82) is 0 Å². The Labute approximate surface area is 234 Å². The number of halogens is 1. The molecule has 4 aromatic rings. The number of anilines is 2. The molecular weight excluding hydrogens is 562 g/mol. The average Bonchev–Trinajstić information content (AvgIpc) is 3.30. The number of fused-ring (bicyclic) bond motifs is 1. The standard InChI is InChI=1S/C29H28BrN5O2S/c1-17-5-6-21(18(2)15-17)16-38-29-33-28-31-19(3)25(27(36)32-23-11-13-24(37-4)14-12-23)26(35(28)34-29)20-7-9-22(30)10-8-20/h5-15,26H,16H2,1-4H3,(H,32,36)(H,31,33,34). The van der Waals surface area contributed by atoms with Gasteiger partial charge in [-0.05, 0) is 73.9 Å². The fourth-order valence-corrected chi connectivity index (χ4v) is 5.63. The molecule has 9 heteroatoms. The molecule has 1 amide bonds. The highest BCUT2D eigenvalue weighted by Gasteiger charge is 2.34. The van der Waals surface area contributed by atoms with E-state index in [2.05, 4.69) is 58.6 Å². The SMILES string of the molecule is COc1ccc(NC(=O)C2=C(C)Nc3nc(SCc4ccc(C)cc4C)nn3C2c2ccc(Br)cc2)cc1. The lowest BCUT2D eigenvalue weighted by atomic mass is 9.95. The number of amides is 1. The second-order valence-corrected chi connectivity index (χ2v) is 11.0. The lowest BCUT2D eigenvalue weighted by molar-refractivity contribution is -0.113. The monoisotopic (exact) mass is 589 g/mol. The normalized spacial score (nSPS) is 14.6. The van der Waals surface area contributed by atoms with Crippen LogP contribution in [-0.2, 0) is 10.5 Å². The van der Waals surface area contributed by atoms with Crippen molar-refractivity contribution in [3.8, 4) is 5.75 Å². The van der Waals surface area contributed by atoms with Gasteiger partial charge in [-0.15, -0.1) is 5.10 Å². The van der Waals surface area contributed by atoms with Crippen LogP contribution in [0.25, 0.3) is 0 Å². The lowest BCUT2D eigenvalue weighted by Gasteiger charge is -2.28. The first-order chi connectivity index (χ1) is 18.3. The van der Waals surface area contributed by atoms with E-state index in [0.717, 1.165) is 27.2 Å². The number of thioether (sulfide) groups is 1. The predicted octanol–water partition coefficient (Wildman–Crippen LogP) is 6.89. The molecule has 0 saturated carbocycles. The molecule has 7 nitrogen and oxygen atoms in total. The molecule has 1 aliphatic heterocycles. The van der Waals surface area contributed by atoms with Gasteiger partial charge in [0.25, 0.3) is 5.91 Å². The fourth-order valence-electron chi connectivity index (χ4n) is 4.46. The van der Waals surface area contributed by atoms with Crippen LogP contribution in [0.15, 0.2) is 87.6 Å². The molecule has 0 radical (unpaired) electrons. The van der Waals surface area contributed by atoms with Crippen LogP contribution in [-0.4, -0.2) is 27.8 Å². The molecule has 1 unspecified atom stereocenters. The van der Waals surface area contributed by atoms with E-state index in [1.165, 1.54) is 16.7 Å². The first-order valence-corrected chi connectivity index (χ1v) is 13.9. The predicted molar refractivity (Wildman–Crippen MR) is 156 cm³/mol. The summed E-state index contributed by atoms with van der Waals surface area (Å²) in [5.74, 6) is 1.89. The number of benzene rings is 3. The summed E-state index contributed by atoms with van der Waals surface area (Å²) in [5.41, 5.74) is 6.67. The third-order valence-electron chi connectivity index (χ3n) is 6.47. The summed E-state index contributed by atoms with van der Waals surface area (Å²) in [6.07, 6.45) is 0. The van der Waals surface area contributed by atoms with E-state index in [0.29, 0.717) is 22.4 Å². The number of rotatable bonds is 7. The van der Waals surface area contributed by atoms with Crippen LogP contribution in [0.4, 0.5) is 11.6 Å². The molecule has 5 rings (SSSR count). The highest BCUT2D eigenvalue weighted by molar-refractivity contribution is 9.10. The fraction of sp³-hybridized carbons (Fsp3) is 0.207. The first-order valence-electron chi connectivity index (χ1n) is 12.2. The zero-order valence-corrected chi connectivity index (χ0v) is 24.0. The Bertz CT molecular complexity index is 1510. The number of nitrogens with zero attached hydrogens (tertiary/aromatic N) is 3. The van der Waals surface area contributed by atoms with Crippen LogP contribution in [0.1, 0.15) is 35.2 Å². The summed E-state index contributed by atoms with van der Waals surface area (Å²) in [6, 6.07) is 21.2. The maximum absolute atomic E-state index is 13.7. The Morgan fingerprint density at radius 1 is 1.08 bits per heavy atom. The van der Waals surface area contributed by atoms with Crippen molar-refractivity contribution >= 4 is 45.2 Å². The highest BCUT2D eigenvalue weighted by atomic mass is 79.9. The average molecular weight is 591 g/mol. The van der Waals surface area contributed by atoms with Gasteiger partial charge >= 0.3 is 0 Å². The number of hydrogen-bond donors (Lipinski definition) is 2. The molecule has 0 bridgehead atoms. The van der Waals surface area contributed by atoms with Gasteiger partial charge in [0.2, 0.25) is 11.1 Å². The summed E-state index contributed by atoms with van der Waals surface area (Å²) in [5, 5.41) is 11.8. The number of ether oxygens (including phenoxy) is 1. The van der Waals surface area contributed by atoms with Crippen molar-refractivity contribution in [2.24, 2.45) is 0 Å². The van der Waals surface area contributed by atoms with Gasteiger partial charge in [0.05, 0.1) is 12.7 Å². The van der Waals surface area contributed by atoms with E-state index in [1.807, 2.05) is 60.1 Å². The zero-order valence-electron chi connectivity index (χ0n) is 21.6. The van der Waals surface area contributed by atoms with Crippen molar-refractivity contribution in [3.05, 3.63) is 105 Å². The number of nitrogens with one attached hydrogen (secondary N) is 2. The van der Waals surface area contributed by atoms with E-state index in [9.17, 15) is 4.79 Å². The first kappa shape index (κ1) is 26.1. The van der Waals surface area contributed by atoms with E-state index >= 15 is 0 Å². The Hall–Kier alpha value is -3.56. The molecule has 2 N–H and O–H groups in total. The Kier molecular flexibility index (Phi) is 7.58. The van der Waals surface area contributed by atoms with Crippen molar-refractivity contribution in [2.75, 3.05) is 17.7 Å². The van der Waals surface area contributed by atoms with Crippen LogP contribution in [0, 0.1) is 13.8 Å². The summed E-state index contributed by atoms with van der Waals surface area (Å²) < 4.78 is 8.01. The summed E-state index contributed by atoms with van der Waals surface area (Å²) >= 11 is 5.10. The number of carbonyl (C=O) groups excluding carboxylic acids is 1. The number of hydrogen-bond acceptors (Lipinski definition) is 6. The quantitative estimate of drug-likeness (QED) is 0.228. The number of carbonyl (C=O) groups is 1. The Morgan fingerprint density at radius 3 is 2.50 bits per heavy atom. The molecule has 3 aromatic carbocycles. The third kappa shape index (κ3) is 5.49. The minimum atomic E-state index is -0.444. The molecule has 1 atom stereocenters. The molecule has 38 heavy (non-hydrogen) atoms. The van der Waals surface area contributed by atoms with Gasteiger partial charge in [-0.2, -0.15) is 4.98 Å². The maximum Gasteiger partial charge on any atom is 0.255 e. The van der Waals surface area contributed by atoms with Crippen molar-refractivity contribution in [1.82, 2.24) is 14.8 Å². The van der Waals surface area contributed by atoms with Gasteiger partial charge in [0.1, 0.15) is 11.8 Å². The van der Waals surface area contributed by atoms with Crippen LogP contribution in [0.5, 0.6) is 5.75 Å². The largest absolute Gasteiger partial charge is 0.497 e. The summed E-state index contributed by atoms with van der Waals surface area (Å²) in [7, 11) is 1.61. The molecule has 2 heterocycles. The van der Waals surface area contributed by atoms with Gasteiger partial charge in [-0.1, -0.05) is 63.6 Å². The molecule has 0 fully saturated rings. The van der Waals surface area contributed by atoms with E-state index < -0.39 is 6.04 Å². The highest BCUT2D eigenvalue weighted by Crippen LogP contribution is 2.37. The summed E-state index contributed by atoms with van der Waals surface area (Å²) in [4.78, 5) is 18.4. The van der Waals surface area contributed by atoms with Crippen molar-refractivity contribution in [3.63, 3.8) is 0 Å². The maximum atomic E-state index is 13.7. The van der Waals surface area contributed by atoms with Crippen LogP contribution in [0.3, 0.4) is 0 Å². The van der Waals surface area contributed by atoms with E-state index in [1.54, 1.807) is 18.9 Å². The van der Waals surface area contributed by atoms with Gasteiger partial charge in [0, 0.05) is 21.6 Å². The van der Waals surface area contributed by atoms with Gasteiger partial charge < -0.3 is 15.4 Å². The molecule has 0 aliphatic carbocycles. The third-order valence-corrected chi connectivity index (χ3v) is 7.88. The minimum Gasteiger partial charge on any atom is -0.497 e. The van der Waals surface area contributed by atoms with Crippen LogP contribution >= 0.6 is 27.7 Å². The molecular formula is C29H28BrN5O2S. The van der Waals surface area contributed by atoms with Gasteiger partial charge in [0.15, 0.2) is 0 Å². The number of allylic oxidation sites excluding steroid dienone is 1. The lowest BCUT2D eigenvalue weighted by Crippen LogP contribution is -2.31. The number of methoxy groups -OCH3 is 1. The topological polar surface area (TPSA) is 81.1 Å².